The monoisotopic (exact) mass is 250 g/mol. The van der Waals surface area contributed by atoms with Gasteiger partial charge in [-0.15, -0.1) is 0 Å². The first-order valence-electron chi connectivity index (χ1n) is 6.54. The fourth-order valence-corrected chi connectivity index (χ4v) is 2.14. The van der Waals surface area contributed by atoms with Crippen molar-refractivity contribution in [3.8, 4) is 5.75 Å². The summed E-state index contributed by atoms with van der Waals surface area (Å²) >= 11 is 0. The topological polar surface area (TPSA) is 33.7 Å². The van der Waals surface area contributed by atoms with Gasteiger partial charge in [0, 0.05) is 31.9 Å². The molecule has 0 aromatic heterocycles. The Morgan fingerprint density at radius 3 is 2.78 bits per heavy atom. The number of rotatable bonds is 5. The zero-order valence-corrected chi connectivity index (χ0v) is 11.2. The van der Waals surface area contributed by atoms with Crippen LogP contribution in [0.25, 0.3) is 0 Å². The molecule has 0 spiro atoms. The summed E-state index contributed by atoms with van der Waals surface area (Å²) in [5.74, 6) is 0.925. The smallest absolute Gasteiger partial charge is 0.119 e. The van der Waals surface area contributed by atoms with Crippen molar-refractivity contribution in [3.05, 3.63) is 24.3 Å². The summed E-state index contributed by atoms with van der Waals surface area (Å²) in [5, 5.41) is 3.46. The average molecular weight is 250 g/mol. The molecule has 18 heavy (non-hydrogen) atoms. The van der Waals surface area contributed by atoms with E-state index in [0.29, 0.717) is 12.6 Å². The second-order valence-corrected chi connectivity index (χ2v) is 4.53. The van der Waals surface area contributed by atoms with Crippen LogP contribution in [-0.2, 0) is 4.74 Å². The number of nitrogens with one attached hydrogen (secondary N) is 1. The van der Waals surface area contributed by atoms with Crippen molar-refractivity contribution in [3.63, 3.8) is 0 Å². The maximum Gasteiger partial charge on any atom is 0.119 e. The number of benzene rings is 1. The van der Waals surface area contributed by atoms with Crippen LogP contribution < -0.4 is 15.0 Å². The second kappa shape index (κ2) is 6.61. The lowest BCUT2D eigenvalue weighted by atomic mass is 10.2. The summed E-state index contributed by atoms with van der Waals surface area (Å²) < 4.78 is 10.9. The Hall–Kier alpha value is -1.26. The van der Waals surface area contributed by atoms with Crippen LogP contribution in [0.4, 0.5) is 5.69 Å². The summed E-state index contributed by atoms with van der Waals surface area (Å²) in [6, 6.07) is 8.62. The SMILES string of the molecule is CCOc1ccc(N(C)CC2COCCN2)cc1. The highest BCUT2D eigenvalue weighted by Gasteiger charge is 2.15. The van der Waals surface area contributed by atoms with E-state index in [9.17, 15) is 0 Å². The third kappa shape index (κ3) is 3.62. The average Bonchev–Trinajstić information content (AvgIpc) is 2.41. The van der Waals surface area contributed by atoms with Gasteiger partial charge >= 0.3 is 0 Å². The molecule has 100 valence electrons. The third-order valence-corrected chi connectivity index (χ3v) is 3.08. The van der Waals surface area contributed by atoms with Crippen molar-refractivity contribution in [2.75, 3.05) is 44.9 Å². The van der Waals surface area contributed by atoms with E-state index in [1.54, 1.807) is 0 Å². The van der Waals surface area contributed by atoms with Crippen LogP contribution >= 0.6 is 0 Å². The standard InChI is InChI=1S/C14H22N2O2/c1-3-18-14-6-4-13(5-7-14)16(2)10-12-11-17-9-8-15-12/h4-7,12,15H,3,8-11H2,1-2H3. The van der Waals surface area contributed by atoms with E-state index in [1.165, 1.54) is 5.69 Å². The first-order valence-corrected chi connectivity index (χ1v) is 6.54. The molecule has 1 aromatic rings. The molecule has 0 bridgehead atoms. The van der Waals surface area contributed by atoms with Crippen LogP contribution in [0.2, 0.25) is 0 Å². The number of nitrogens with zero attached hydrogens (tertiary/aromatic N) is 1. The number of hydrogen-bond acceptors (Lipinski definition) is 4. The van der Waals surface area contributed by atoms with E-state index >= 15 is 0 Å². The maximum absolute atomic E-state index is 5.46. The Bertz CT molecular complexity index is 347. The minimum Gasteiger partial charge on any atom is -0.494 e. The van der Waals surface area contributed by atoms with Gasteiger partial charge in [-0.25, -0.2) is 0 Å². The molecule has 1 saturated heterocycles. The molecule has 0 amide bonds. The highest BCUT2D eigenvalue weighted by molar-refractivity contribution is 5.48. The van der Waals surface area contributed by atoms with Crippen molar-refractivity contribution in [2.45, 2.75) is 13.0 Å². The van der Waals surface area contributed by atoms with Gasteiger partial charge in [0.15, 0.2) is 0 Å². The summed E-state index contributed by atoms with van der Waals surface area (Å²) in [6.45, 7) is 6.22. The van der Waals surface area contributed by atoms with E-state index in [1.807, 2.05) is 19.1 Å². The minimum absolute atomic E-state index is 0.412. The molecule has 1 heterocycles. The molecule has 1 fully saturated rings. The lowest BCUT2D eigenvalue weighted by molar-refractivity contribution is 0.0791. The first-order chi connectivity index (χ1) is 8.79. The molecule has 2 rings (SSSR count). The van der Waals surface area contributed by atoms with Crippen LogP contribution in [0, 0.1) is 0 Å². The summed E-state index contributed by atoms with van der Waals surface area (Å²) in [4.78, 5) is 2.24. The summed E-state index contributed by atoms with van der Waals surface area (Å²) in [7, 11) is 2.10. The molecule has 1 aliphatic rings. The van der Waals surface area contributed by atoms with E-state index in [0.717, 1.165) is 32.1 Å². The lowest BCUT2D eigenvalue weighted by Crippen LogP contribution is -2.47. The molecular weight excluding hydrogens is 228 g/mol. The summed E-state index contributed by atoms with van der Waals surface area (Å²) in [5.41, 5.74) is 1.20. The highest BCUT2D eigenvalue weighted by Crippen LogP contribution is 2.18. The molecular formula is C14H22N2O2. The van der Waals surface area contributed by atoms with Crippen molar-refractivity contribution >= 4 is 5.69 Å². The van der Waals surface area contributed by atoms with Crippen molar-refractivity contribution in [2.24, 2.45) is 0 Å². The van der Waals surface area contributed by atoms with Gasteiger partial charge in [-0.05, 0) is 31.2 Å². The minimum atomic E-state index is 0.412. The highest BCUT2D eigenvalue weighted by atomic mass is 16.5. The van der Waals surface area contributed by atoms with Gasteiger partial charge in [0.25, 0.3) is 0 Å². The second-order valence-electron chi connectivity index (χ2n) is 4.53. The molecule has 1 atom stereocenters. The Kier molecular flexibility index (Phi) is 4.84. The zero-order valence-electron chi connectivity index (χ0n) is 11.2. The molecule has 0 radical (unpaired) electrons. The Morgan fingerprint density at radius 1 is 1.39 bits per heavy atom. The van der Waals surface area contributed by atoms with Gasteiger partial charge < -0.3 is 19.7 Å². The molecule has 1 N–H and O–H groups in total. The normalized spacial score (nSPS) is 19.6. The van der Waals surface area contributed by atoms with Crippen LogP contribution in [0.3, 0.4) is 0 Å². The number of anilines is 1. The fourth-order valence-electron chi connectivity index (χ4n) is 2.14. The van der Waals surface area contributed by atoms with E-state index < -0.39 is 0 Å². The van der Waals surface area contributed by atoms with Crippen LogP contribution in [-0.4, -0.2) is 46.0 Å². The first kappa shape index (κ1) is 13.2. The molecule has 0 aliphatic carbocycles. The van der Waals surface area contributed by atoms with Crippen molar-refractivity contribution in [1.29, 1.82) is 0 Å². The molecule has 1 aromatic carbocycles. The molecule has 1 aliphatic heterocycles. The molecule has 4 nitrogen and oxygen atoms in total. The number of ether oxygens (including phenoxy) is 2. The van der Waals surface area contributed by atoms with Crippen molar-refractivity contribution in [1.82, 2.24) is 5.32 Å². The van der Waals surface area contributed by atoms with E-state index in [-0.39, 0.29) is 0 Å². The molecule has 1 unspecified atom stereocenters. The lowest BCUT2D eigenvalue weighted by Gasteiger charge is -2.29. The van der Waals surface area contributed by atoms with Crippen molar-refractivity contribution < 1.29 is 9.47 Å². The fraction of sp³-hybridized carbons (Fsp3) is 0.571. The Labute approximate surface area is 109 Å². The van der Waals surface area contributed by atoms with Gasteiger partial charge in [-0.3, -0.25) is 0 Å². The third-order valence-electron chi connectivity index (χ3n) is 3.08. The van der Waals surface area contributed by atoms with E-state index in [2.05, 4.69) is 29.4 Å². The predicted molar refractivity (Wildman–Crippen MR) is 73.5 cm³/mol. The Balaban J connectivity index is 1.89. The summed E-state index contributed by atoms with van der Waals surface area (Å²) in [6.07, 6.45) is 0. The largest absolute Gasteiger partial charge is 0.494 e. The van der Waals surface area contributed by atoms with Gasteiger partial charge in [0.1, 0.15) is 5.75 Å². The Morgan fingerprint density at radius 2 is 2.17 bits per heavy atom. The van der Waals surface area contributed by atoms with Gasteiger partial charge in [-0.1, -0.05) is 0 Å². The van der Waals surface area contributed by atoms with E-state index in [4.69, 9.17) is 9.47 Å². The zero-order chi connectivity index (χ0) is 12.8. The number of hydrogen-bond donors (Lipinski definition) is 1. The number of likely N-dealkylation sites (N-methyl/N-ethyl adjacent to an activating group) is 1. The van der Waals surface area contributed by atoms with Crippen LogP contribution in [0.15, 0.2) is 24.3 Å². The van der Waals surface area contributed by atoms with Crippen LogP contribution in [0.1, 0.15) is 6.92 Å². The maximum atomic E-state index is 5.46. The molecule has 4 heteroatoms. The van der Waals surface area contributed by atoms with Gasteiger partial charge in [0.2, 0.25) is 0 Å². The quantitative estimate of drug-likeness (QED) is 0.859. The number of morpholine rings is 1. The predicted octanol–water partition coefficient (Wildman–Crippen LogP) is 1.51. The molecule has 0 saturated carbocycles. The van der Waals surface area contributed by atoms with Gasteiger partial charge in [-0.2, -0.15) is 0 Å². The van der Waals surface area contributed by atoms with Gasteiger partial charge in [0.05, 0.1) is 19.8 Å². The van der Waals surface area contributed by atoms with Crippen LogP contribution in [0.5, 0.6) is 5.75 Å².